The summed E-state index contributed by atoms with van der Waals surface area (Å²) in [5, 5.41) is 3.49. The second-order valence-electron chi connectivity index (χ2n) is 7.40. The highest BCUT2D eigenvalue weighted by molar-refractivity contribution is 6.33. The van der Waals surface area contributed by atoms with Crippen molar-refractivity contribution in [1.82, 2.24) is 10.2 Å². The maximum absolute atomic E-state index is 13.0. The van der Waals surface area contributed by atoms with Crippen LogP contribution in [0.3, 0.4) is 0 Å². The molecular formula is C21H29Cl2N3O3. The summed E-state index contributed by atoms with van der Waals surface area (Å²) < 4.78 is 11.3. The Morgan fingerprint density at radius 2 is 2.10 bits per heavy atom. The first-order valence-corrected chi connectivity index (χ1v) is 10.1. The number of carbonyl (C=O) groups excluding carboxylic acids is 1. The van der Waals surface area contributed by atoms with Gasteiger partial charge in [0.25, 0.3) is 5.91 Å². The van der Waals surface area contributed by atoms with Crippen LogP contribution >= 0.6 is 24.0 Å². The molecule has 0 aromatic heterocycles. The third kappa shape index (κ3) is 5.29. The fourth-order valence-corrected chi connectivity index (χ4v) is 4.38. The zero-order valence-electron chi connectivity index (χ0n) is 17.0. The molecule has 3 N–H and O–H groups in total. The van der Waals surface area contributed by atoms with E-state index in [4.69, 9.17) is 26.8 Å². The fraction of sp³-hybridized carbons (Fsp3) is 0.571. The minimum atomic E-state index is -0.205. The molecule has 0 aliphatic carbocycles. The smallest absolute Gasteiger partial charge is 0.255 e. The van der Waals surface area contributed by atoms with Gasteiger partial charge in [-0.25, -0.2) is 0 Å². The van der Waals surface area contributed by atoms with Gasteiger partial charge in [-0.2, -0.15) is 0 Å². The second-order valence-corrected chi connectivity index (χ2v) is 7.81. The molecule has 6 nitrogen and oxygen atoms in total. The lowest BCUT2D eigenvalue weighted by Crippen LogP contribution is -2.50. The first-order chi connectivity index (χ1) is 13.4. The van der Waals surface area contributed by atoms with Gasteiger partial charge in [0.05, 0.1) is 22.4 Å². The quantitative estimate of drug-likeness (QED) is 0.542. The van der Waals surface area contributed by atoms with Gasteiger partial charge in [0, 0.05) is 37.7 Å². The third-order valence-electron chi connectivity index (χ3n) is 5.70. The third-order valence-corrected chi connectivity index (χ3v) is 6.03. The lowest BCUT2D eigenvalue weighted by atomic mass is 9.97. The van der Waals surface area contributed by atoms with Crippen LogP contribution in [0.1, 0.15) is 43.0 Å². The van der Waals surface area contributed by atoms with Crippen LogP contribution < -0.4 is 15.8 Å². The van der Waals surface area contributed by atoms with Crippen LogP contribution in [0.15, 0.2) is 12.1 Å². The van der Waals surface area contributed by atoms with Gasteiger partial charge in [0.2, 0.25) is 0 Å². The maximum atomic E-state index is 13.0. The lowest BCUT2D eigenvalue weighted by Gasteiger charge is -2.37. The number of carbonyl (C=O) groups is 1. The van der Waals surface area contributed by atoms with Crippen molar-refractivity contribution in [3.8, 4) is 17.6 Å². The Balaban J connectivity index is 0.00000300. The molecule has 29 heavy (non-hydrogen) atoms. The van der Waals surface area contributed by atoms with E-state index in [1.54, 1.807) is 19.2 Å². The molecule has 3 unspecified atom stereocenters. The average molecular weight is 442 g/mol. The number of hydrogen-bond acceptors (Lipinski definition) is 5. The molecule has 4 atom stereocenters. The average Bonchev–Trinajstić information content (AvgIpc) is 2.85. The Hall–Kier alpha value is -1.65. The van der Waals surface area contributed by atoms with Crippen LogP contribution in [0.25, 0.3) is 0 Å². The van der Waals surface area contributed by atoms with Gasteiger partial charge in [-0.1, -0.05) is 24.4 Å². The standard InChI is InChI=1S/C21H28ClN3O3.ClH/c1-4-5-6-7-28-19-12-17(23)16(22)11-15(19)21(26)24-13-8-14-10-20(27-3)18(9-13)25(14)2;/h11-14,18,20H,4,7-10,23H2,1-3H3,(H,24,26);1H/t13?,14?,18?,20-;/m0./s1. The number of amides is 1. The number of nitrogens with one attached hydrogen (secondary N) is 1. The molecule has 2 fully saturated rings. The molecule has 2 bridgehead atoms. The van der Waals surface area contributed by atoms with E-state index in [2.05, 4.69) is 29.1 Å². The van der Waals surface area contributed by atoms with E-state index in [0.29, 0.717) is 34.1 Å². The van der Waals surface area contributed by atoms with E-state index in [1.807, 2.05) is 6.92 Å². The molecule has 2 aliphatic heterocycles. The number of rotatable bonds is 5. The Bertz CT molecular complexity index is 793. The summed E-state index contributed by atoms with van der Waals surface area (Å²) in [5.41, 5.74) is 6.65. The summed E-state index contributed by atoms with van der Waals surface area (Å²) in [7, 11) is 3.89. The summed E-state index contributed by atoms with van der Waals surface area (Å²) in [6.45, 7) is 2.16. The van der Waals surface area contributed by atoms with Gasteiger partial charge >= 0.3 is 0 Å². The minimum Gasteiger partial charge on any atom is -0.480 e. The highest BCUT2D eigenvalue weighted by Gasteiger charge is 2.45. The van der Waals surface area contributed by atoms with Gasteiger partial charge in [-0.05, 0) is 32.4 Å². The van der Waals surface area contributed by atoms with Crippen molar-refractivity contribution in [3.05, 3.63) is 22.7 Å². The topological polar surface area (TPSA) is 76.8 Å². The summed E-state index contributed by atoms with van der Waals surface area (Å²) in [5.74, 6) is 6.04. The van der Waals surface area contributed by atoms with Crippen molar-refractivity contribution < 1.29 is 14.3 Å². The van der Waals surface area contributed by atoms with Crippen molar-refractivity contribution in [2.75, 3.05) is 26.5 Å². The van der Waals surface area contributed by atoms with Gasteiger partial charge in [-0.3, -0.25) is 9.69 Å². The fourth-order valence-electron chi connectivity index (χ4n) is 4.21. The highest BCUT2D eigenvalue weighted by atomic mass is 35.5. The van der Waals surface area contributed by atoms with Crippen molar-refractivity contribution in [2.45, 2.75) is 56.8 Å². The zero-order valence-corrected chi connectivity index (χ0v) is 18.6. The number of methoxy groups -OCH3 is 1. The van der Waals surface area contributed by atoms with E-state index in [1.165, 1.54) is 0 Å². The lowest BCUT2D eigenvalue weighted by molar-refractivity contribution is 0.0524. The normalized spacial score (nSPS) is 25.5. The summed E-state index contributed by atoms with van der Waals surface area (Å²) in [6.07, 6.45) is 3.74. The summed E-state index contributed by atoms with van der Waals surface area (Å²) >= 11 is 6.16. The molecule has 8 heteroatoms. The second kappa shape index (κ2) is 10.4. The van der Waals surface area contributed by atoms with Gasteiger partial charge < -0.3 is 20.5 Å². The number of piperidine rings is 1. The number of anilines is 1. The predicted molar refractivity (Wildman–Crippen MR) is 118 cm³/mol. The van der Waals surface area contributed by atoms with Crippen LogP contribution in [-0.2, 0) is 4.74 Å². The van der Waals surface area contributed by atoms with Crippen LogP contribution in [0.2, 0.25) is 5.02 Å². The Kier molecular flexibility index (Phi) is 8.47. The molecule has 2 aliphatic rings. The van der Waals surface area contributed by atoms with E-state index in [0.717, 1.165) is 25.7 Å². The van der Waals surface area contributed by atoms with Crippen LogP contribution in [0, 0.1) is 11.8 Å². The first-order valence-electron chi connectivity index (χ1n) is 9.67. The maximum Gasteiger partial charge on any atom is 0.255 e. The SMILES string of the molecule is CCC#CCOc1cc(N)c(Cl)cc1C(=O)NC1CC2C[C@H](OC)C(C1)N2C.Cl. The van der Waals surface area contributed by atoms with Crippen LogP contribution in [0.4, 0.5) is 5.69 Å². The molecule has 2 saturated heterocycles. The monoisotopic (exact) mass is 441 g/mol. The minimum absolute atomic E-state index is 0. The van der Waals surface area contributed by atoms with Crippen LogP contribution in [-0.4, -0.2) is 55.8 Å². The molecule has 2 heterocycles. The molecule has 0 saturated carbocycles. The van der Waals surface area contributed by atoms with Crippen molar-refractivity contribution in [1.29, 1.82) is 0 Å². The van der Waals surface area contributed by atoms with Crippen molar-refractivity contribution >= 4 is 35.6 Å². The van der Waals surface area contributed by atoms with E-state index in [-0.39, 0.29) is 37.1 Å². The van der Waals surface area contributed by atoms with Crippen molar-refractivity contribution in [2.24, 2.45) is 0 Å². The summed E-state index contributed by atoms with van der Waals surface area (Å²) in [4.78, 5) is 15.4. The molecule has 1 aromatic carbocycles. The Morgan fingerprint density at radius 3 is 2.79 bits per heavy atom. The number of nitrogen functional groups attached to an aromatic ring is 1. The molecule has 1 amide bonds. The predicted octanol–water partition coefficient (Wildman–Crippen LogP) is 3.12. The largest absolute Gasteiger partial charge is 0.480 e. The molecule has 0 radical (unpaired) electrons. The number of nitrogens with zero attached hydrogens (tertiary/aromatic N) is 1. The Morgan fingerprint density at radius 1 is 1.34 bits per heavy atom. The number of halogens is 2. The van der Waals surface area contributed by atoms with E-state index in [9.17, 15) is 4.79 Å². The number of ether oxygens (including phenoxy) is 2. The summed E-state index contributed by atoms with van der Waals surface area (Å²) in [6, 6.07) is 3.98. The highest BCUT2D eigenvalue weighted by Crippen LogP contribution is 2.36. The van der Waals surface area contributed by atoms with Crippen molar-refractivity contribution in [3.63, 3.8) is 0 Å². The zero-order chi connectivity index (χ0) is 20.3. The molecular weight excluding hydrogens is 413 g/mol. The van der Waals surface area contributed by atoms with Gasteiger partial charge in [-0.15, -0.1) is 18.3 Å². The van der Waals surface area contributed by atoms with Gasteiger partial charge in [0.15, 0.2) is 0 Å². The molecule has 3 rings (SSSR count). The number of nitrogens with two attached hydrogens (primary N) is 1. The molecule has 0 spiro atoms. The number of fused-ring (bicyclic) bond motifs is 2. The Labute approximate surface area is 183 Å². The van der Waals surface area contributed by atoms with Crippen LogP contribution in [0.5, 0.6) is 5.75 Å². The molecule has 1 aromatic rings. The number of benzene rings is 1. The van der Waals surface area contributed by atoms with E-state index >= 15 is 0 Å². The first kappa shape index (κ1) is 23.6. The van der Waals surface area contributed by atoms with Gasteiger partial charge in [0.1, 0.15) is 12.4 Å². The number of likely N-dealkylation sites (N-methyl/N-ethyl adjacent to an activating group) is 1. The molecule has 160 valence electrons. The van der Waals surface area contributed by atoms with E-state index < -0.39 is 0 Å². The number of hydrogen-bond donors (Lipinski definition) is 2.